The van der Waals surface area contributed by atoms with Gasteiger partial charge in [0.15, 0.2) is 0 Å². The molecule has 3 heteroatoms. The normalized spacial score (nSPS) is 13.1. The molecule has 1 atom stereocenters. The van der Waals surface area contributed by atoms with Gasteiger partial charge in [-0.1, -0.05) is 101 Å². The second-order valence-corrected chi connectivity index (χ2v) is 11.8. The van der Waals surface area contributed by atoms with E-state index in [2.05, 4.69) is 53.4 Å². The molecule has 0 saturated heterocycles. The first kappa shape index (κ1) is 27.5. The Morgan fingerprint density at radius 3 is 1.33 bits per heavy atom. The van der Waals surface area contributed by atoms with Crippen LogP contribution in [0.25, 0.3) is 0 Å². The van der Waals surface area contributed by atoms with Gasteiger partial charge in [-0.25, -0.2) is 0 Å². The lowest BCUT2D eigenvalue weighted by Gasteiger charge is -2.38. The lowest BCUT2D eigenvalue weighted by molar-refractivity contribution is -0.00853. The SMILES string of the molecule is CCCCCCC[CH2][Al]([CH2]CCCCCCC)[O]C(C)N(C(C)C)C(C)C. The van der Waals surface area contributed by atoms with Gasteiger partial charge in [-0.2, -0.15) is 0 Å². The number of hydrogen-bond acceptors (Lipinski definition) is 2. The van der Waals surface area contributed by atoms with Crippen molar-refractivity contribution in [2.24, 2.45) is 0 Å². The van der Waals surface area contributed by atoms with Crippen molar-refractivity contribution in [1.82, 2.24) is 4.90 Å². The molecule has 0 aromatic rings. The fraction of sp³-hybridized carbons (Fsp3) is 1.00. The molecule has 162 valence electrons. The first-order chi connectivity index (χ1) is 12.9. The van der Waals surface area contributed by atoms with E-state index in [4.69, 9.17) is 3.79 Å². The summed E-state index contributed by atoms with van der Waals surface area (Å²) in [5.41, 5.74) is 0. The summed E-state index contributed by atoms with van der Waals surface area (Å²) in [4.78, 5) is 2.54. The maximum atomic E-state index is 6.76. The Balaban J connectivity index is 4.39. The second kappa shape index (κ2) is 18.5. The van der Waals surface area contributed by atoms with Crippen LogP contribution in [0.3, 0.4) is 0 Å². The first-order valence-corrected chi connectivity index (χ1v) is 14.5. The Hall–Kier alpha value is 0.452. The van der Waals surface area contributed by atoms with Crippen LogP contribution >= 0.6 is 0 Å². The molecule has 0 bridgehead atoms. The van der Waals surface area contributed by atoms with E-state index in [9.17, 15) is 0 Å². The zero-order valence-electron chi connectivity index (χ0n) is 20.1. The van der Waals surface area contributed by atoms with Crippen molar-refractivity contribution in [3.05, 3.63) is 0 Å². The summed E-state index contributed by atoms with van der Waals surface area (Å²) in [5, 5.41) is 2.77. The third-order valence-corrected chi connectivity index (χ3v) is 8.64. The molecular formula is C24H52AlNO. The van der Waals surface area contributed by atoms with Gasteiger partial charge in [-0.05, 0) is 34.6 Å². The average molecular weight is 398 g/mol. The Morgan fingerprint density at radius 1 is 0.593 bits per heavy atom. The van der Waals surface area contributed by atoms with E-state index >= 15 is 0 Å². The molecule has 2 nitrogen and oxygen atoms in total. The topological polar surface area (TPSA) is 12.5 Å². The van der Waals surface area contributed by atoms with Crippen molar-refractivity contribution in [3.8, 4) is 0 Å². The number of unbranched alkanes of at least 4 members (excludes halogenated alkanes) is 10. The van der Waals surface area contributed by atoms with Crippen LogP contribution in [-0.2, 0) is 3.79 Å². The second-order valence-electron chi connectivity index (χ2n) is 9.10. The number of hydrogen-bond donors (Lipinski definition) is 0. The average Bonchev–Trinajstić information content (AvgIpc) is 2.59. The summed E-state index contributed by atoms with van der Waals surface area (Å²) in [7, 11) is 0. The summed E-state index contributed by atoms with van der Waals surface area (Å²) in [5.74, 6) is 0. The molecule has 0 aromatic heterocycles. The highest BCUT2D eigenvalue weighted by atomic mass is 27.2. The van der Waals surface area contributed by atoms with Crippen molar-refractivity contribution >= 4 is 14.5 Å². The summed E-state index contributed by atoms with van der Waals surface area (Å²) >= 11 is -1.09. The molecule has 0 spiro atoms. The Morgan fingerprint density at radius 2 is 0.963 bits per heavy atom. The van der Waals surface area contributed by atoms with E-state index in [-0.39, 0.29) is 6.23 Å². The molecule has 0 rings (SSSR count). The van der Waals surface area contributed by atoms with Gasteiger partial charge in [-0.3, -0.25) is 4.90 Å². The third kappa shape index (κ3) is 15.0. The standard InChI is InChI=1S/C8H18NO.2C8H17.Al/c1-6(2)9(7(3)4)8(5)10;2*1-3-5-7-8-6-4-2;/h6-8H,1-5H3;2*1,3-8H2,2H3;/q-1;;;+1. The van der Waals surface area contributed by atoms with Crippen LogP contribution in [0.2, 0.25) is 10.6 Å². The summed E-state index contributed by atoms with van der Waals surface area (Å²) in [6, 6.07) is 1.11. The minimum atomic E-state index is -1.09. The molecule has 0 radical (unpaired) electrons. The molecule has 1 unspecified atom stereocenters. The van der Waals surface area contributed by atoms with Gasteiger partial charge >= 0.3 is 14.5 Å². The molecule has 0 N–H and O–H groups in total. The van der Waals surface area contributed by atoms with E-state index in [1.807, 2.05) is 0 Å². The van der Waals surface area contributed by atoms with Gasteiger partial charge < -0.3 is 3.79 Å². The lowest BCUT2D eigenvalue weighted by atomic mass is 10.1. The molecule has 0 aromatic carbocycles. The van der Waals surface area contributed by atoms with Crippen molar-refractivity contribution in [1.29, 1.82) is 0 Å². The van der Waals surface area contributed by atoms with Crippen LogP contribution in [0.1, 0.15) is 126 Å². The molecule has 0 aliphatic rings. The largest absolute Gasteiger partial charge is 0.487 e. The van der Waals surface area contributed by atoms with Crippen LogP contribution in [0.4, 0.5) is 0 Å². The summed E-state index contributed by atoms with van der Waals surface area (Å²) in [6.45, 7) is 16.1. The molecule has 0 amide bonds. The van der Waals surface area contributed by atoms with Gasteiger partial charge in [0, 0.05) is 12.1 Å². The monoisotopic (exact) mass is 397 g/mol. The van der Waals surface area contributed by atoms with Crippen LogP contribution in [0, 0.1) is 0 Å². The number of rotatable bonds is 19. The molecule has 0 heterocycles. The van der Waals surface area contributed by atoms with E-state index in [0.717, 1.165) is 0 Å². The Bertz CT molecular complexity index is 285. The highest BCUT2D eigenvalue weighted by molar-refractivity contribution is 6.51. The van der Waals surface area contributed by atoms with Crippen molar-refractivity contribution in [2.75, 3.05) is 0 Å². The number of nitrogens with zero attached hydrogens (tertiary/aromatic N) is 1. The predicted octanol–water partition coefficient (Wildman–Crippen LogP) is 8.18. The van der Waals surface area contributed by atoms with Crippen LogP contribution < -0.4 is 0 Å². The van der Waals surface area contributed by atoms with Gasteiger partial charge in [0.1, 0.15) is 0 Å². The van der Waals surface area contributed by atoms with Crippen molar-refractivity contribution in [2.45, 2.75) is 154 Å². The van der Waals surface area contributed by atoms with Gasteiger partial charge in [0.2, 0.25) is 0 Å². The van der Waals surface area contributed by atoms with Crippen LogP contribution in [0.5, 0.6) is 0 Å². The van der Waals surface area contributed by atoms with Gasteiger partial charge in [0.25, 0.3) is 0 Å². The van der Waals surface area contributed by atoms with Gasteiger partial charge in [0.05, 0.1) is 6.23 Å². The molecular weight excluding hydrogens is 345 g/mol. The maximum Gasteiger partial charge on any atom is 0.461 e. The minimum absolute atomic E-state index is 0.279. The summed E-state index contributed by atoms with van der Waals surface area (Å²) < 4.78 is 6.76. The quantitative estimate of drug-likeness (QED) is 0.124. The van der Waals surface area contributed by atoms with Crippen molar-refractivity contribution in [3.63, 3.8) is 0 Å². The van der Waals surface area contributed by atoms with Gasteiger partial charge in [-0.15, -0.1) is 0 Å². The minimum Gasteiger partial charge on any atom is -0.487 e. The summed E-state index contributed by atoms with van der Waals surface area (Å²) in [6.07, 6.45) is 17.1. The highest BCUT2D eigenvalue weighted by Crippen LogP contribution is 2.20. The highest BCUT2D eigenvalue weighted by Gasteiger charge is 2.27. The van der Waals surface area contributed by atoms with Crippen LogP contribution in [0.15, 0.2) is 0 Å². The fourth-order valence-corrected chi connectivity index (χ4v) is 7.12. The smallest absolute Gasteiger partial charge is 0.461 e. The Kier molecular flexibility index (Phi) is 18.8. The molecule has 0 aliphatic carbocycles. The zero-order chi connectivity index (χ0) is 20.5. The fourth-order valence-electron chi connectivity index (χ4n) is 4.37. The van der Waals surface area contributed by atoms with E-state index in [0.29, 0.717) is 12.1 Å². The van der Waals surface area contributed by atoms with E-state index in [1.54, 1.807) is 0 Å². The van der Waals surface area contributed by atoms with E-state index < -0.39 is 14.5 Å². The molecule has 0 fully saturated rings. The van der Waals surface area contributed by atoms with Crippen molar-refractivity contribution < 1.29 is 3.79 Å². The maximum absolute atomic E-state index is 6.76. The van der Waals surface area contributed by atoms with Crippen LogP contribution in [-0.4, -0.2) is 37.7 Å². The van der Waals surface area contributed by atoms with E-state index in [1.165, 1.54) is 87.6 Å². The molecule has 0 aliphatic heterocycles. The lowest BCUT2D eigenvalue weighted by Crippen LogP contribution is -2.47. The Labute approximate surface area is 177 Å². The predicted molar refractivity (Wildman–Crippen MR) is 125 cm³/mol. The molecule has 0 saturated carbocycles. The third-order valence-electron chi connectivity index (χ3n) is 5.76. The molecule has 27 heavy (non-hydrogen) atoms. The zero-order valence-corrected chi connectivity index (χ0v) is 21.2. The first-order valence-electron chi connectivity index (χ1n) is 12.4.